The first-order valence-corrected chi connectivity index (χ1v) is 7.29. The van der Waals surface area contributed by atoms with Gasteiger partial charge in [0.05, 0.1) is 16.6 Å². The first kappa shape index (κ1) is 16.5. The van der Waals surface area contributed by atoms with Crippen LogP contribution in [0.4, 0.5) is 4.39 Å². The van der Waals surface area contributed by atoms with E-state index in [4.69, 9.17) is 11.6 Å². The zero-order valence-electron chi connectivity index (χ0n) is 12.8. The molecule has 1 heterocycles. The number of carbonyl (C=O) groups is 1. The number of benzene rings is 1. The van der Waals surface area contributed by atoms with Gasteiger partial charge < -0.3 is 9.88 Å². The predicted molar refractivity (Wildman–Crippen MR) is 85.6 cm³/mol. The fourth-order valence-corrected chi connectivity index (χ4v) is 2.61. The predicted octanol–water partition coefficient (Wildman–Crippen LogP) is 2.85. The number of hydrogen-bond donors (Lipinski definition) is 1. The average molecular weight is 324 g/mol. The Bertz CT molecular complexity index is 649. The summed E-state index contributed by atoms with van der Waals surface area (Å²) in [6, 6.07) is 8.12. The van der Waals surface area contributed by atoms with Crippen LogP contribution in [-0.2, 0) is 7.05 Å². The van der Waals surface area contributed by atoms with Gasteiger partial charge in [0.2, 0.25) is 0 Å². The van der Waals surface area contributed by atoms with E-state index in [0.29, 0.717) is 6.54 Å². The number of nitrogens with one attached hydrogen (secondary N) is 1. The van der Waals surface area contributed by atoms with Gasteiger partial charge in [0.25, 0.3) is 5.91 Å². The molecule has 1 unspecified atom stereocenters. The van der Waals surface area contributed by atoms with E-state index in [1.807, 2.05) is 48.9 Å². The molecule has 2 aromatic rings. The molecule has 1 N–H and O–H groups in total. The van der Waals surface area contributed by atoms with Gasteiger partial charge in [-0.1, -0.05) is 17.7 Å². The van der Waals surface area contributed by atoms with Gasteiger partial charge in [-0.3, -0.25) is 9.69 Å². The molecular formula is C16H19ClFN3O. The highest BCUT2D eigenvalue weighted by atomic mass is 35.5. The Morgan fingerprint density at radius 3 is 2.64 bits per heavy atom. The number of carbonyl (C=O) groups excluding carboxylic acids is 1. The highest BCUT2D eigenvalue weighted by Gasteiger charge is 2.20. The van der Waals surface area contributed by atoms with Crippen molar-refractivity contribution in [3.05, 3.63) is 58.6 Å². The maximum atomic E-state index is 13.8. The molecule has 0 aliphatic carbocycles. The Balaban J connectivity index is 2.13. The fraction of sp³-hybridized carbons (Fsp3) is 0.312. The van der Waals surface area contributed by atoms with Crippen molar-refractivity contribution in [3.63, 3.8) is 0 Å². The van der Waals surface area contributed by atoms with Crippen molar-refractivity contribution in [1.29, 1.82) is 0 Å². The van der Waals surface area contributed by atoms with Crippen molar-refractivity contribution in [1.82, 2.24) is 14.8 Å². The second-order valence-corrected chi connectivity index (χ2v) is 5.74. The normalized spacial score (nSPS) is 12.5. The molecule has 0 saturated carbocycles. The third-order valence-corrected chi connectivity index (χ3v) is 3.91. The summed E-state index contributed by atoms with van der Waals surface area (Å²) in [5.41, 5.74) is 0.943. The van der Waals surface area contributed by atoms with Gasteiger partial charge in [-0.05, 0) is 38.4 Å². The maximum Gasteiger partial charge on any atom is 0.255 e. The summed E-state index contributed by atoms with van der Waals surface area (Å²) in [7, 11) is 5.81. The summed E-state index contributed by atoms with van der Waals surface area (Å²) in [5, 5.41) is 2.87. The van der Waals surface area contributed by atoms with Crippen molar-refractivity contribution in [2.75, 3.05) is 20.6 Å². The number of nitrogens with zero attached hydrogens (tertiary/aromatic N) is 2. The van der Waals surface area contributed by atoms with Crippen molar-refractivity contribution in [3.8, 4) is 0 Å². The minimum absolute atomic E-state index is 0.0190. The van der Waals surface area contributed by atoms with Crippen LogP contribution in [0, 0.1) is 5.82 Å². The first-order chi connectivity index (χ1) is 10.4. The molecule has 1 aromatic heterocycles. The van der Waals surface area contributed by atoms with Crippen LogP contribution in [0.3, 0.4) is 0 Å². The van der Waals surface area contributed by atoms with Gasteiger partial charge in [-0.2, -0.15) is 0 Å². The second-order valence-electron chi connectivity index (χ2n) is 5.33. The topological polar surface area (TPSA) is 37.3 Å². The number of aromatic nitrogens is 1. The smallest absolute Gasteiger partial charge is 0.255 e. The summed E-state index contributed by atoms with van der Waals surface area (Å²) in [6.07, 6.45) is 1.95. The van der Waals surface area contributed by atoms with E-state index < -0.39 is 11.7 Å². The van der Waals surface area contributed by atoms with Crippen molar-refractivity contribution in [2.24, 2.45) is 7.05 Å². The minimum Gasteiger partial charge on any atom is -0.353 e. The van der Waals surface area contributed by atoms with Crippen molar-refractivity contribution in [2.45, 2.75) is 6.04 Å². The number of aryl methyl sites for hydroxylation is 1. The highest BCUT2D eigenvalue weighted by molar-refractivity contribution is 6.33. The molecule has 0 aliphatic rings. The number of rotatable bonds is 5. The van der Waals surface area contributed by atoms with Gasteiger partial charge >= 0.3 is 0 Å². The van der Waals surface area contributed by atoms with E-state index in [0.717, 1.165) is 5.69 Å². The van der Waals surface area contributed by atoms with Crippen LogP contribution in [-0.4, -0.2) is 36.0 Å². The molecule has 4 nitrogen and oxygen atoms in total. The van der Waals surface area contributed by atoms with Crippen LogP contribution < -0.4 is 5.32 Å². The number of hydrogen-bond acceptors (Lipinski definition) is 2. The lowest BCUT2D eigenvalue weighted by atomic mass is 10.1. The van der Waals surface area contributed by atoms with E-state index in [1.54, 1.807) is 0 Å². The maximum absolute atomic E-state index is 13.8. The third kappa shape index (κ3) is 3.48. The Morgan fingerprint density at radius 2 is 2.09 bits per heavy atom. The Labute approximate surface area is 134 Å². The van der Waals surface area contributed by atoms with Crippen LogP contribution in [0.15, 0.2) is 36.5 Å². The van der Waals surface area contributed by atoms with Gasteiger partial charge in [0, 0.05) is 25.5 Å². The molecule has 1 atom stereocenters. The van der Waals surface area contributed by atoms with Crippen molar-refractivity contribution < 1.29 is 9.18 Å². The van der Waals surface area contributed by atoms with Crippen LogP contribution in [0.25, 0.3) is 0 Å². The van der Waals surface area contributed by atoms with E-state index >= 15 is 0 Å². The van der Waals surface area contributed by atoms with E-state index in [1.165, 1.54) is 18.2 Å². The molecule has 0 radical (unpaired) electrons. The van der Waals surface area contributed by atoms with Gasteiger partial charge in [0.1, 0.15) is 5.82 Å². The molecule has 0 fully saturated rings. The summed E-state index contributed by atoms with van der Waals surface area (Å²) in [5.74, 6) is -1.13. The molecule has 0 spiro atoms. The van der Waals surface area contributed by atoms with Crippen molar-refractivity contribution >= 4 is 17.5 Å². The molecule has 0 bridgehead atoms. The lowest BCUT2D eigenvalue weighted by Crippen LogP contribution is -2.35. The quantitative estimate of drug-likeness (QED) is 0.918. The average Bonchev–Trinajstić information content (AvgIpc) is 2.85. The second kappa shape index (κ2) is 6.94. The van der Waals surface area contributed by atoms with Crippen LogP contribution in [0.5, 0.6) is 0 Å². The first-order valence-electron chi connectivity index (χ1n) is 6.91. The monoisotopic (exact) mass is 323 g/mol. The fourth-order valence-electron chi connectivity index (χ4n) is 2.36. The van der Waals surface area contributed by atoms with Crippen LogP contribution >= 0.6 is 11.6 Å². The van der Waals surface area contributed by atoms with Gasteiger partial charge in [-0.25, -0.2) is 4.39 Å². The zero-order valence-corrected chi connectivity index (χ0v) is 13.6. The molecular weight excluding hydrogens is 305 g/mol. The molecule has 1 aromatic carbocycles. The van der Waals surface area contributed by atoms with E-state index in [9.17, 15) is 9.18 Å². The SMILES string of the molecule is CN(C)C(CNC(=O)c1c(F)cccc1Cl)c1cccn1C. The summed E-state index contributed by atoms with van der Waals surface area (Å²) >= 11 is 5.91. The molecule has 22 heavy (non-hydrogen) atoms. The van der Waals surface area contributed by atoms with Gasteiger partial charge in [-0.15, -0.1) is 0 Å². The Hall–Kier alpha value is -1.85. The van der Waals surface area contributed by atoms with Crippen LogP contribution in [0.2, 0.25) is 5.02 Å². The number of amides is 1. The standard InChI is InChI=1S/C16H19ClFN3O/c1-20(2)14(13-8-5-9-21(13)3)10-19-16(22)15-11(17)6-4-7-12(15)18/h4-9,14H,10H2,1-3H3,(H,19,22). The number of likely N-dealkylation sites (N-methyl/N-ethyl adjacent to an activating group) is 1. The van der Waals surface area contributed by atoms with E-state index in [-0.39, 0.29) is 16.6 Å². The lowest BCUT2D eigenvalue weighted by Gasteiger charge is -2.25. The molecule has 1 amide bonds. The number of halogens is 2. The largest absolute Gasteiger partial charge is 0.353 e. The Morgan fingerprint density at radius 1 is 1.36 bits per heavy atom. The van der Waals surface area contributed by atoms with Crippen LogP contribution in [0.1, 0.15) is 22.1 Å². The van der Waals surface area contributed by atoms with E-state index in [2.05, 4.69) is 5.32 Å². The Kier molecular flexibility index (Phi) is 5.21. The zero-order chi connectivity index (χ0) is 16.3. The summed E-state index contributed by atoms with van der Waals surface area (Å²) in [6.45, 7) is 0.356. The molecule has 118 valence electrons. The molecule has 6 heteroatoms. The molecule has 0 saturated heterocycles. The lowest BCUT2D eigenvalue weighted by molar-refractivity contribution is 0.0937. The highest BCUT2D eigenvalue weighted by Crippen LogP contribution is 2.20. The third-order valence-electron chi connectivity index (χ3n) is 3.59. The molecule has 0 aliphatic heterocycles. The minimum atomic E-state index is -0.620. The van der Waals surface area contributed by atoms with Gasteiger partial charge in [0.15, 0.2) is 0 Å². The summed E-state index contributed by atoms with van der Waals surface area (Å²) < 4.78 is 15.8. The molecule has 2 rings (SSSR count). The summed E-state index contributed by atoms with van der Waals surface area (Å²) in [4.78, 5) is 14.2.